The summed E-state index contributed by atoms with van der Waals surface area (Å²) >= 11 is -6.39. The fourth-order valence-corrected chi connectivity index (χ4v) is 10.2. The maximum atomic E-state index is 13.9. The van der Waals surface area contributed by atoms with E-state index in [4.69, 9.17) is 0 Å². The number of halogens is 10. The second kappa shape index (κ2) is 7.47. The van der Waals surface area contributed by atoms with Crippen molar-refractivity contribution in [2.24, 2.45) is 0 Å². The van der Waals surface area contributed by atoms with Crippen LogP contribution in [0, 0.1) is 68.3 Å². The van der Waals surface area contributed by atoms with Gasteiger partial charge in [-0.1, -0.05) is 0 Å². The van der Waals surface area contributed by atoms with Crippen LogP contribution >= 0.6 is 0 Å². The Bertz CT molecular complexity index is 842. The summed E-state index contributed by atoms with van der Waals surface area (Å²) in [5, 5.41) is 8.60. The molecule has 2 aromatic rings. The maximum absolute atomic E-state index is 13.9. The van der Waals surface area contributed by atoms with E-state index in [2.05, 4.69) is 2.79 Å². The van der Waals surface area contributed by atoms with Crippen molar-refractivity contribution in [3.05, 3.63) is 68.3 Å². The Labute approximate surface area is 149 Å². The molecule has 15 heteroatoms. The molecule has 0 aliphatic carbocycles. The van der Waals surface area contributed by atoms with Crippen LogP contribution in [0.5, 0.6) is 0 Å². The minimum absolute atomic E-state index is 1.90. The van der Waals surface area contributed by atoms with E-state index in [1.807, 2.05) is 0 Å². The average Bonchev–Trinajstić information content (AvgIpc) is 2.61. The predicted molar refractivity (Wildman–Crippen MR) is 65.6 cm³/mol. The van der Waals surface area contributed by atoms with Crippen molar-refractivity contribution < 1.29 is 51.8 Å². The van der Waals surface area contributed by atoms with Gasteiger partial charge in [0.25, 0.3) is 0 Å². The van der Waals surface area contributed by atoms with E-state index >= 15 is 0 Å². The molecule has 0 aliphatic rings. The van der Waals surface area contributed by atoms with Crippen molar-refractivity contribution in [2.45, 2.75) is 0 Å². The Kier molecular flexibility index (Phi) is 5.86. The topological polar surface area (TPSA) is 52.4 Å². The normalized spacial score (nSPS) is 10.9. The second-order valence-corrected chi connectivity index (χ2v) is 12.9. The van der Waals surface area contributed by atoms with Gasteiger partial charge in [0.05, 0.1) is 0 Å². The van der Waals surface area contributed by atoms with Crippen LogP contribution in [-0.2, 0) is 2.79 Å². The van der Waals surface area contributed by atoms with Gasteiger partial charge in [-0.05, 0) is 0 Å². The van der Waals surface area contributed by atoms with Crippen LogP contribution in [-0.4, -0.2) is 28.2 Å². The van der Waals surface area contributed by atoms with Gasteiger partial charge >= 0.3 is 149 Å². The number of rotatable bonds is 4. The number of hydrogen-bond acceptors (Lipinski definition) is 3. The number of benzene rings is 2. The molecule has 144 valence electrons. The third-order valence-corrected chi connectivity index (χ3v) is 12.7. The summed E-state index contributed by atoms with van der Waals surface area (Å²) in [6.07, 6.45) is 0. The first-order valence-electron chi connectivity index (χ1n) is 6.25. The zero-order valence-electron chi connectivity index (χ0n) is 12.0. The molecule has 0 saturated heterocycles. The molecule has 0 fully saturated rings. The number of hydrogen-bond donors (Lipinski definition) is 0. The van der Waals surface area contributed by atoms with Gasteiger partial charge in [-0.3, -0.25) is 0 Å². The minimum atomic E-state index is -6.39. The van der Waals surface area contributed by atoms with E-state index in [0.717, 1.165) is 0 Å². The molecular weight excluding hydrogens is 600 g/mol. The summed E-state index contributed by atoms with van der Waals surface area (Å²) < 4.78 is 134. The Balaban J connectivity index is 2.96. The quantitative estimate of drug-likeness (QED) is 0.135. The van der Waals surface area contributed by atoms with Crippen molar-refractivity contribution in [1.82, 2.24) is 0 Å². The predicted octanol–water partition coefficient (Wildman–Crippen LogP) is 2.39. The first-order chi connectivity index (χ1) is 12.4. The van der Waals surface area contributed by atoms with Gasteiger partial charge in [-0.25, -0.2) is 0 Å². The standard InChI is InChI=1S/2C6F5.NO3.Tl/c2*7-2-1-3(8)5(10)6(11)4(2)9;2-1(3)4;/q;;-1;+1. The van der Waals surface area contributed by atoms with E-state index in [-0.39, 0.29) is 0 Å². The molecule has 2 rings (SSSR count). The molecule has 0 amide bonds. The Hall–Kier alpha value is -2.14. The molecule has 0 heterocycles. The zero-order valence-corrected chi connectivity index (χ0v) is 16.5. The first kappa shape index (κ1) is 21.2. The molecule has 0 radical (unpaired) electrons. The monoisotopic (exact) mass is 601 g/mol. The summed E-state index contributed by atoms with van der Waals surface area (Å²) in [7, 11) is 0. The van der Waals surface area contributed by atoms with Crippen molar-refractivity contribution in [2.75, 3.05) is 0 Å². The van der Waals surface area contributed by atoms with Crippen LogP contribution < -0.4 is 6.25 Å². The molecule has 27 heavy (non-hydrogen) atoms. The van der Waals surface area contributed by atoms with Gasteiger partial charge < -0.3 is 0 Å². The summed E-state index contributed by atoms with van der Waals surface area (Å²) in [6.45, 7) is 0. The Morgan fingerprint density at radius 3 is 1.00 bits per heavy atom. The molecule has 0 aromatic heterocycles. The summed E-state index contributed by atoms with van der Waals surface area (Å²) in [6, 6.07) is 0. The summed E-state index contributed by atoms with van der Waals surface area (Å²) in [5.41, 5.74) is 0. The van der Waals surface area contributed by atoms with Crippen molar-refractivity contribution in [3.8, 4) is 0 Å². The molecular formula is C12F10NO3Tl. The molecule has 0 spiro atoms. The average molecular weight is 600 g/mol. The van der Waals surface area contributed by atoms with Gasteiger partial charge in [0, 0.05) is 0 Å². The molecule has 0 aliphatic heterocycles. The van der Waals surface area contributed by atoms with Crippen molar-refractivity contribution >= 4 is 29.4 Å². The first-order valence-corrected chi connectivity index (χ1v) is 12.6. The van der Waals surface area contributed by atoms with Gasteiger partial charge in [0.2, 0.25) is 0 Å². The third-order valence-electron chi connectivity index (χ3n) is 3.20. The van der Waals surface area contributed by atoms with Crippen LogP contribution in [0.15, 0.2) is 0 Å². The van der Waals surface area contributed by atoms with Crippen molar-refractivity contribution in [1.29, 1.82) is 0 Å². The SMILES string of the molecule is O=[N+]([O-])[O][Tl]([c]1c(F)c(F)c(F)c(F)c1F)[c]1c(F)c(F)c(F)c(F)c1F. The van der Waals surface area contributed by atoms with Gasteiger partial charge in [-0.2, -0.15) is 0 Å². The van der Waals surface area contributed by atoms with E-state index in [9.17, 15) is 54.0 Å². The van der Waals surface area contributed by atoms with E-state index < -0.39 is 92.7 Å². The van der Waals surface area contributed by atoms with Crippen LogP contribution in [0.4, 0.5) is 43.9 Å². The molecule has 4 nitrogen and oxygen atoms in total. The van der Waals surface area contributed by atoms with Crippen LogP contribution in [0.2, 0.25) is 0 Å². The summed E-state index contributed by atoms with van der Waals surface area (Å²) in [5.74, 6) is -27.0. The van der Waals surface area contributed by atoms with E-state index in [0.29, 0.717) is 0 Å². The molecule has 0 bridgehead atoms. The van der Waals surface area contributed by atoms with Crippen LogP contribution in [0.1, 0.15) is 0 Å². The van der Waals surface area contributed by atoms with Gasteiger partial charge in [0.15, 0.2) is 0 Å². The summed E-state index contributed by atoms with van der Waals surface area (Å²) in [4.78, 5) is 10.5. The van der Waals surface area contributed by atoms with Gasteiger partial charge in [-0.15, -0.1) is 0 Å². The third kappa shape index (κ3) is 3.41. The van der Waals surface area contributed by atoms with E-state index in [1.165, 1.54) is 0 Å². The second-order valence-electron chi connectivity index (χ2n) is 4.68. The Morgan fingerprint density at radius 1 is 0.556 bits per heavy atom. The van der Waals surface area contributed by atoms with Crippen molar-refractivity contribution in [3.63, 3.8) is 0 Å². The van der Waals surface area contributed by atoms with Crippen LogP contribution in [0.3, 0.4) is 0 Å². The number of nitrogens with zero attached hydrogens (tertiary/aromatic N) is 1. The molecule has 0 saturated carbocycles. The van der Waals surface area contributed by atoms with E-state index in [1.54, 1.807) is 0 Å². The Morgan fingerprint density at radius 2 is 0.778 bits per heavy atom. The van der Waals surface area contributed by atoms with Crippen LogP contribution in [0.25, 0.3) is 0 Å². The van der Waals surface area contributed by atoms with Gasteiger partial charge in [0.1, 0.15) is 0 Å². The fourth-order valence-electron chi connectivity index (χ4n) is 2.04. The fraction of sp³-hybridized carbons (Fsp3) is 0. The zero-order chi connectivity index (χ0) is 20.8. The molecule has 0 unspecified atom stereocenters. The molecule has 0 N–H and O–H groups in total. The molecule has 2 aromatic carbocycles. The molecule has 0 atom stereocenters.